The second-order valence-electron chi connectivity index (χ2n) is 2.33. The van der Waals surface area contributed by atoms with Crippen LogP contribution in [-0.2, 0) is 0 Å². The van der Waals surface area contributed by atoms with E-state index in [4.69, 9.17) is 0 Å². The van der Waals surface area contributed by atoms with Crippen molar-refractivity contribution in [3.05, 3.63) is 17.2 Å². The van der Waals surface area contributed by atoms with Crippen molar-refractivity contribution in [3.8, 4) is 0 Å². The maximum atomic E-state index is 3.98. The van der Waals surface area contributed by atoms with E-state index in [1.54, 1.807) is 23.1 Å². The highest BCUT2D eigenvalue weighted by atomic mass is 32.2. The van der Waals surface area contributed by atoms with Crippen molar-refractivity contribution in [1.29, 1.82) is 0 Å². The summed E-state index contributed by atoms with van der Waals surface area (Å²) in [6.07, 6.45) is 0. The van der Waals surface area contributed by atoms with Gasteiger partial charge in [-0.05, 0) is 13.8 Å². The van der Waals surface area contributed by atoms with Crippen LogP contribution in [0.5, 0.6) is 0 Å². The highest BCUT2D eigenvalue weighted by Crippen LogP contribution is 2.22. The van der Waals surface area contributed by atoms with Gasteiger partial charge in [0.15, 0.2) is 4.34 Å². The number of thioether (sulfide) groups is 1. The molecular formula is C7H10N2S2. The van der Waals surface area contributed by atoms with Crippen LogP contribution in [-0.4, -0.2) is 16.0 Å². The quantitative estimate of drug-likeness (QED) is 0.536. The molecule has 4 heteroatoms. The maximum absolute atomic E-state index is 3.98. The first-order chi connectivity index (χ1) is 5.18. The molecule has 11 heavy (non-hydrogen) atoms. The molecule has 1 aromatic heterocycles. The molecule has 0 spiro atoms. The third-order valence-electron chi connectivity index (χ3n) is 0.950. The smallest absolute Gasteiger partial charge is 0.143 e. The van der Waals surface area contributed by atoms with Gasteiger partial charge in [0, 0.05) is 5.75 Å². The van der Waals surface area contributed by atoms with E-state index in [1.165, 1.54) is 5.57 Å². The first kappa shape index (κ1) is 8.74. The molecule has 0 aromatic carbocycles. The summed E-state index contributed by atoms with van der Waals surface area (Å²) in [5, 5.41) is 8.91. The molecule has 0 aliphatic rings. The van der Waals surface area contributed by atoms with Crippen molar-refractivity contribution >= 4 is 23.1 Å². The fourth-order valence-corrected chi connectivity index (χ4v) is 2.18. The molecule has 0 bridgehead atoms. The molecule has 0 radical (unpaired) electrons. The fraction of sp³-hybridized carbons (Fsp3) is 0.429. The van der Waals surface area contributed by atoms with Crippen molar-refractivity contribution in [2.75, 3.05) is 5.75 Å². The molecule has 1 rings (SSSR count). The Bertz CT molecular complexity index is 255. The molecule has 60 valence electrons. The lowest BCUT2D eigenvalue weighted by molar-refractivity contribution is 0.984. The van der Waals surface area contributed by atoms with Gasteiger partial charge in [-0.25, -0.2) is 0 Å². The number of aryl methyl sites for hydroxylation is 1. The summed E-state index contributed by atoms with van der Waals surface area (Å²) in [5.41, 5.74) is 1.17. The molecule has 2 nitrogen and oxygen atoms in total. The van der Waals surface area contributed by atoms with Crippen LogP contribution in [0.3, 0.4) is 0 Å². The molecule has 0 atom stereocenters. The topological polar surface area (TPSA) is 25.8 Å². The minimum Gasteiger partial charge on any atom is -0.143 e. The summed E-state index contributed by atoms with van der Waals surface area (Å²) in [6.45, 7) is 7.79. The molecular weight excluding hydrogens is 176 g/mol. The van der Waals surface area contributed by atoms with Crippen LogP contribution in [0.4, 0.5) is 0 Å². The predicted molar refractivity (Wildman–Crippen MR) is 50.2 cm³/mol. The third-order valence-corrected chi connectivity index (χ3v) is 3.15. The summed E-state index contributed by atoms with van der Waals surface area (Å²) in [7, 11) is 0. The Hall–Kier alpha value is -0.350. The van der Waals surface area contributed by atoms with Gasteiger partial charge < -0.3 is 0 Å². The van der Waals surface area contributed by atoms with Crippen LogP contribution in [0.15, 0.2) is 16.5 Å². The minimum absolute atomic E-state index is 0.939. The second-order valence-corrected chi connectivity index (χ2v) is 4.74. The van der Waals surface area contributed by atoms with Gasteiger partial charge in [0.2, 0.25) is 0 Å². The van der Waals surface area contributed by atoms with E-state index < -0.39 is 0 Å². The van der Waals surface area contributed by atoms with Crippen molar-refractivity contribution in [1.82, 2.24) is 10.2 Å². The summed E-state index contributed by atoms with van der Waals surface area (Å²) in [5.74, 6) is 0.939. The Morgan fingerprint density at radius 2 is 2.36 bits per heavy atom. The number of nitrogens with zero attached hydrogens (tertiary/aromatic N) is 2. The molecule has 0 aliphatic carbocycles. The largest absolute Gasteiger partial charge is 0.174 e. The lowest BCUT2D eigenvalue weighted by Crippen LogP contribution is -1.78. The highest BCUT2D eigenvalue weighted by Gasteiger charge is 1.99. The minimum atomic E-state index is 0.939. The highest BCUT2D eigenvalue weighted by molar-refractivity contribution is 8.01. The normalized spacial score (nSPS) is 10.0. The van der Waals surface area contributed by atoms with Crippen LogP contribution in [0.2, 0.25) is 0 Å². The monoisotopic (exact) mass is 186 g/mol. The van der Waals surface area contributed by atoms with Crippen molar-refractivity contribution in [2.45, 2.75) is 18.2 Å². The number of aromatic nitrogens is 2. The molecule has 0 saturated carbocycles. The molecule has 0 saturated heterocycles. The van der Waals surface area contributed by atoms with Crippen LogP contribution < -0.4 is 0 Å². The van der Waals surface area contributed by atoms with Gasteiger partial charge in [-0.2, -0.15) is 0 Å². The Labute approximate surface area is 74.7 Å². The Morgan fingerprint density at radius 3 is 2.82 bits per heavy atom. The molecule has 1 heterocycles. The van der Waals surface area contributed by atoms with Crippen LogP contribution >= 0.6 is 23.1 Å². The predicted octanol–water partition coefficient (Wildman–Crippen LogP) is 2.51. The lowest BCUT2D eigenvalue weighted by atomic mass is 10.4. The first-order valence-electron chi connectivity index (χ1n) is 3.26. The molecule has 0 fully saturated rings. The van der Waals surface area contributed by atoms with Gasteiger partial charge in [0.1, 0.15) is 5.01 Å². The zero-order valence-corrected chi connectivity index (χ0v) is 8.26. The first-order valence-corrected chi connectivity index (χ1v) is 5.06. The summed E-state index contributed by atoms with van der Waals surface area (Å²) >= 11 is 3.32. The summed E-state index contributed by atoms with van der Waals surface area (Å²) < 4.78 is 1.03. The van der Waals surface area contributed by atoms with Crippen LogP contribution in [0.1, 0.15) is 11.9 Å². The average Bonchev–Trinajstić information content (AvgIpc) is 2.31. The number of hydrogen-bond acceptors (Lipinski definition) is 4. The Kier molecular flexibility index (Phi) is 3.08. The summed E-state index contributed by atoms with van der Waals surface area (Å²) in [4.78, 5) is 0. The van der Waals surface area contributed by atoms with E-state index in [-0.39, 0.29) is 0 Å². The molecule has 0 unspecified atom stereocenters. The van der Waals surface area contributed by atoms with Crippen molar-refractivity contribution in [2.24, 2.45) is 0 Å². The Balaban J connectivity index is 2.45. The van der Waals surface area contributed by atoms with Gasteiger partial charge in [-0.15, -0.1) is 10.2 Å². The summed E-state index contributed by atoms with van der Waals surface area (Å²) in [6, 6.07) is 0. The van der Waals surface area contributed by atoms with E-state index in [9.17, 15) is 0 Å². The fourth-order valence-electron chi connectivity index (χ4n) is 0.522. The average molecular weight is 186 g/mol. The van der Waals surface area contributed by atoms with E-state index in [0.717, 1.165) is 15.1 Å². The van der Waals surface area contributed by atoms with E-state index >= 15 is 0 Å². The van der Waals surface area contributed by atoms with Crippen molar-refractivity contribution in [3.63, 3.8) is 0 Å². The van der Waals surface area contributed by atoms with E-state index in [0.29, 0.717) is 0 Å². The SMILES string of the molecule is C=C(C)CSc1nnc(C)s1. The zero-order chi connectivity index (χ0) is 8.27. The molecule has 0 N–H and O–H groups in total. The maximum Gasteiger partial charge on any atom is 0.174 e. The standard InChI is InChI=1S/C7H10N2S2/c1-5(2)4-10-7-9-8-6(3)11-7/h1,4H2,2-3H3. The number of hydrogen-bond donors (Lipinski definition) is 0. The second kappa shape index (κ2) is 3.88. The molecule has 0 aliphatic heterocycles. The van der Waals surface area contributed by atoms with Gasteiger partial charge in [0.25, 0.3) is 0 Å². The zero-order valence-electron chi connectivity index (χ0n) is 6.63. The van der Waals surface area contributed by atoms with Crippen LogP contribution in [0, 0.1) is 6.92 Å². The molecule has 1 aromatic rings. The third kappa shape index (κ3) is 3.03. The Morgan fingerprint density at radius 1 is 1.64 bits per heavy atom. The van der Waals surface area contributed by atoms with Gasteiger partial charge in [-0.1, -0.05) is 35.3 Å². The lowest BCUT2D eigenvalue weighted by Gasteiger charge is -1.92. The van der Waals surface area contributed by atoms with Gasteiger partial charge >= 0.3 is 0 Å². The van der Waals surface area contributed by atoms with E-state index in [1.807, 2.05) is 13.8 Å². The van der Waals surface area contributed by atoms with Crippen molar-refractivity contribution < 1.29 is 0 Å². The molecule has 0 amide bonds. The van der Waals surface area contributed by atoms with E-state index in [2.05, 4.69) is 16.8 Å². The van der Waals surface area contributed by atoms with Gasteiger partial charge in [0.05, 0.1) is 0 Å². The van der Waals surface area contributed by atoms with Gasteiger partial charge in [-0.3, -0.25) is 0 Å². The number of rotatable bonds is 3. The van der Waals surface area contributed by atoms with Crippen LogP contribution in [0.25, 0.3) is 0 Å².